The Balaban J connectivity index is 2.56. The number of rotatable bonds is 3. The lowest BCUT2D eigenvalue weighted by Gasteiger charge is -2.37. The number of carbonyl (C=O) groups is 1. The van der Waals surface area contributed by atoms with Crippen molar-refractivity contribution in [2.24, 2.45) is 5.73 Å². The standard InChI is InChI=1S/C11H22N2O2/c1-4-11(3,12)9(14)13-10(2)6-5-7-15-8-10/h4-8,12H2,1-3H3,(H,13,14). The minimum absolute atomic E-state index is 0.0852. The molecule has 0 aromatic heterocycles. The van der Waals surface area contributed by atoms with E-state index in [1.165, 1.54) is 0 Å². The number of nitrogens with two attached hydrogens (primary N) is 1. The van der Waals surface area contributed by atoms with Crippen LogP contribution in [0.25, 0.3) is 0 Å². The zero-order valence-corrected chi connectivity index (χ0v) is 9.93. The molecule has 1 heterocycles. The third kappa shape index (κ3) is 3.18. The highest BCUT2D eigenvalue weighted by Gasteiger charge is 2.34. The maximum Gasteiger partial charge on any atom is 0.240 e. The third-order valence-corrected chi connectivity index (χ3v) is 3.11. The zero-order chi connectivity index (χ0) is 11.5. The van der Waals surface area contributed by atoms with Gasteiger partial charge in [0.15, 0.2) is 0 Å². The molecule has 1 saturated heterocycles. The van der Waals surface area contributed by atoms with E-state index in [0.29, 0.717) is 13.0 Å². The van der Waals surface area contributed by atoms with Gasteiger partial charge in [0.2, 0.25) is 5.91 Å². The quantitative estimate of drug-likeness (QED) is 0.730. The Morgan fingerprint density at radius 3 is 2.80 bits per heavy atom. The summed E-state index contributed by atoms with van der Waals surface area (Å²) in [5.74, 6) is -0.0852. The molecule has 1 rings (SSSR count). The number of carbonyl (C=O) groups excluding carboxylic acids is 1. The van der Waals surface area contributed by atoms with E-state index in [4.69, 9.17) is 10.5 Å². The number of nitrogens with one attached hydrogen (secondary N) is 1. The number of hydrogen-bond acceptors (Lipinski definition) is 3. The Labute approximate surface area is 91.5 Å². The van der Waals surface area contributed by atoms with Crippen molar-refractivity contribution in [1.29, 1.82) is 0 Å². The van der Waals surface area contributed by atoms with Crippen LogP contribution >= 0.6 is 0 Å². The summed E-state index contributed by atoms with van der Waals surface area (Å²) in [6.07, 6.45) is 2.58. The summed E-state index contributed by atoms with van der Waals surface area (Å²) in [6, 6.07) is 0. The second-order valence-electron chi connectivity index (χ2n) is 4.94. The van der Waals surface area contributed by atoms with E-state index in [0.717, 1.165) is 19.4 Å². The summed E-state index contributed by atoms with van der Waals surface area (Å²) in [7, 11) is 0. The van der Waals surface area contributed by atoms with Gasteiger partial charge >= 0.3 is 0 Å². The molecule has 0 radical (unpaired) electrons. The van der Waals surface area contributed by atoms with Crippen LogP contribution in [0.3, 0.4) is 0 Å². The normalized spacial score (nSPS) is 30.7. The third-order valence-electron chi connectivity index (χ3n) is 3.11. The molecule has 0 saturated carbocycles. The lowest BCUT2D eigenvalue weighted by Crippen LogP contribution is -2.60. The largest absolute Gasteiger partial charge is 0.379 e. The van der Waals surface area contributed by atoms with Crippen LogP contribution in [0.5, 0.6) is 0 Å². The maximum atomic E-state index is 11.9. The molecular formula is C11H22N2O2. The summed E-state index contributed by atoms with van der Waals surface area (Å²) in [6.45, 7) is 7.06. The van der Waals surface area contributed by atoms with Gasteiger partial charge in [0.1, 0.15) is 0 Å². The smallest absolute Gasteiger partial charge is 0.240 e. The van der Waals surface area contributed by atoms with E-state index in [9.17, 15) is 4.79 Å². The molecule has 3 N–H and O–H groups in total. The van der Waals surface area contributed by atoms with Gasteiger partial charge in [-0.15, -0.1) is 0 Å². The minimum Gasteiger partial charge on any atom is -0.379 e. The lowest BCUT2D eigenvalue weighted by atomic mass is 9.91. The first-order valence-corrected chi connectivity index (χ1v) is 5.59. The van der Waals surface area contributed by atoms with Crippen molar-refractivity contribution in [3.63, 3.8) is 0 Å². The molecule has 4 heteroatoms. The van der Waals surface area contributed by atoms with E-state index in [1.54, 1.807) is 6.92 Å². The van der Waals surface area contributed by atoms with Crippen LogP contribution in [0.1, 0.15) is 40.0 Å². The summed E-state index contributed by atoms with van der Waals surface area (Å²) in [5.41, 5.74) is 4.86. The van der Waals surface area contributed by atoms with E-state index in [1.807, 2.05) is 13.8 Å². The Kier molecular flexibility index (Phi) is 3.73. The maximum absolute atomic E-state index is 11.9. The van der Waals surface area contributed by atoms with Crippen LogP contribution in [-0.2, 0) is 9.53 Å². The van der Waals surface area contributed by atoms with E-state index in [-0.39, 0.29) is 11.4 Å². The molecule has 4 nitrogen and oxygen atoms in total. The molecule has 2 unspecified atom stereocenters. The molecule has 88 valence electrons. The van der Waals surface area contributed by atoms with Crippen LogP contribution in [0.4, 0.5) is 0 Å². The molecule has 1 aliphatic rings. The highest BCUT2D eigenvalue weighted by molar-refractivity contribution is 5.86. The van der Waals surface area contributed by atoms with Gasteiger partial charge < -0.3 is 15.8 Å². The monoisotopic (exact) mass is 214 g/mol. The fourth-order valence-electron chi connectivity index (χ4n) is 1.61. The van der Waals surface area contributed by atoms with Gasteiger partial charge in [0.05, 0.1) is 17.7 Å². The van der Waals surface area contributed by atoms with Crippen molar-refractivity contribution < 1.29 is 9.53 Å². The Morgan fingerprint density at radius 1 is 1.67 bits per heavy atom. The van der Waals surface area contributed by atoms with Gasteiger partial charge in [0, 0.05) is 6.61 Å². The van der Waals surface area contributed by atoms with Crippen molar-refractivity contribution >= 4 is 5.91 Å². The topological polar surface area (TPSA) is 64.4 Å². The molecule has 0 aliphatic carbocycles. The van der Waals surface area contributed by atoms with Crippen molar-refractivity contribution in [2.75, 3.05) is 13.2 Å². The molecule has 1 amide bonds. The van der Waals surface area contributed by atoms with Crippen molar-refractivity contribution in [3.05, 3.63) is 0 Å². The molecule has 0 spiro atoms. The molecule has 0 bridgehead atoms. The van der Waals surface area contributed by atoms with Gasteiger partial charge in [-0.05, 0) is 33.1 Å². The van der Waals surface area contributed by atoms with Gasteiger partial charge in [0.25, 0.3) is 0 Å². The number of amides is 1. The molecule has 1 aliphatic heterocycles. The lowest BCUT2D eigenvalue weighted by molar-refractivity contribution is -0.129. The average Bonchev–Trinajstić information content (AvgIpc) is 2.18. The minimum atomic E-state index is -0.777. The second-order valence-corrected chi connectivity index (χ2v) is 4.94. The Hall–Kier alpha value is -0.610. The molecule has 0 aromatic carbocycles. The van der Waals surface area contributed by atoms with Gasteiger partial charge in [-0.2, -0.15) is 0 Å². The SMILES string of the molecule is CCC(C)(N)C(=O)NC1(C)CCCOC1. The first-order valence-electron chi connectivity index (χ1n) is 5.59. The van der Waals surface area contributed by atoms with Crippen LogP contribution in [0.2, 0.25) is 0 Å². The molecule has 0 aromatic rings. The van der Waals surface area contributed by atoms with Crippen LogP contribution in [0, 0.1) is 0 Å². The van der Waals surface area contributed by atoms with E-state index in [2.05, 4.69) is 5.32 Å². The Bertz CT molecular complexity index is 233. The molecule has 15 heavy (non-hydrogen) atoms. The molecular weight excluding hydrogens is 192 g/mol. The second kappa shape index (κ2) is 4.49. The van der Waals surface area contributed by atoms with Crippen LogP contribution < -0.4 is 11.1 Å². The Morgan fingerprint density at radius 2 is 2.33 bits per heavy atom. The van der Waals surface area contributed by atoms with Crippen molar-refractivity contribution in [1.82, 2.24) is 5.32 Å². The number of hydrogen-bond donors (Lipinski definition) is 2. The van der Waals surface area contributed by atoms with Gasteiger partial charge in [-0.1, -0.05) is 6.92 Å². The summed E-state index contributed by atoms with van der Waals surface area (Å²) in [5, 5.41) is 3.00. The summed E-state index contributed by atoms with van der Waals surface area (Å²) < 4.78 is 5.38. The first-order chi connectivity index (χ1) is 6.90. The van der Waals surface area contributed by atoms with E-state index >= 15 is 0 Å². The van der Waals surface area contributed by atoms with Gasteiger partial charge in [-0.3, -0.25) is 4.79 Å². The number of ether oxygens (including phenoxy) is 1. The van der Waals surface area contributed by atoms with Crippen molar-refractivity contribution in [2.45, 2.75) is 51.1 Å². The fourth-order valence-corrected chi connectivity index (χ4v) is 1.61. The zero-order valence-electron chi connectivity index (χ0n) is 9.93. The first kappa shape index (κ1) is 12.5. The molecule has 1 fully saturated rings. The summed E-state index contributed by atoms with van der Waals surface area (Å²) >= 11 is 0. The van der Waals surface area contributed by atoms with Crippen LogP contribution in [-0.4, -0.2) is 30.2 Å². The predicted molar refractivity (Wildman–Crippen MR) is 59.5 cm³/mol. The fraction of sp³-hybridized carbons (Fsp3) is 0.909. The highest BCUT2D eigenvalue weighted by Crippen LogP contribution is 2.19. The van der Waals surface area contributed by atoms with Gasteiger partial charge in [-0.25, -0.2) is 0 Å². The van der Waals surface area contributed by atoms with Crippen molar-refractivity contribution in [3.8, 4) is 0 Å². The summed E-state index contributed by atoms with van der Waals surface area (Å²) in [4.78, 5) is 11.9. The average molecular weight is 214 g/mol. The highest BCUT2D eigenvalue weighted by atomic mass is 16.5. The van der Waals surface area contributed by atoms with E-state index < -0.39 is 5.54 Å². The predicted octanol–water partition coefficient (Wildman–Crippen LogP) is 0.799. The van der Waals surface area contributed by atoms with Crippen LogP contribution in [0.15, 0.2) is 0 Å². The molecule has 2 atom stereocenters.